The second-order valence-electron chi connectivity index (χ2n) is 8.08. The van der Waals surface area contributed by atoms with Gasteiger partial charge in [0.1, 0.15) is 11.9 Å². The Morgan fingerprint density at radius 3 is 2.11 bits per heavy atom. The van der Waals surface area contributed by atoms with Gasteiger partial charge in [0.05, 0.1) is 6.42 Å². The fraction of sp³-hybridized carbons (Fsp3) is 0.609. The molecule has 0 aliphatic heterocycles. The molecular weight excluding hydrogens is 362 g/mol. The van der Waals surface area contributed by atoms with Gasteiger partial charge in [-0.3, -0.25) is 4.79 Å². The summed E-state index contributed by atoms with van der Waals surface area (Å²) in [6, 6.07) is 7.13. The van der Waals surface area contributed by atoms with Crippen molar-refractivity contribution in [1.82, 2.24) is 0 Å². The highest BCUT2D eigenvalue weighted by Gasteiger charge is 2.32. The van der Waals surface area contributed by atoms with Crippen LogP contribution in [0.1, 0.15) is 69.3 Å². The molecule has 0 aromatic heterocycles. The van der Waals surface area contributed by atoms with Gasteiger partial charge in [0.25, 0.3) is 0 Å². The molecule has 2 fully saturated rings. The topological polar surface area (TPSA) is 35.5 Å². The molecule has 0 bridgehead atoms. The van der Waals surface area contributed by atoms with Crippen LogP contribution in [0, 0.1) is 11.8 Å². The number of carbonyl (C=O) groups is 1. The molecule has 0 saturated heterocycles. The molecule has 0 spiro atoms. The van der Waals surface area contributed by atoms with Crippen molar-refractivity contribution in [2.45, 2.75) is 76.4 Å². The van der Waals surface area contributed by atoms with E-state index in [0.717, 1.165) is 50.4 Å². The smallest absolute Gasteiger partial charge is 0.387 e. The lowest BCUT2D eigenvalue weighted by atomic mass is 9.69. The first-order valence-electron chi connectivity index (χ1n) is 10.4. The molecule has 1 aromatic rings. The van der Waals surface area contributed by atoms with Crippen LogP contribution >= 0.6 is 0 Å². The number of carbonyl (C=O) groups excluding carboxylic acids is 1. The van der Waals surface area contributed by atoms with Gasteiger partial charge in [0, 0.05) is 0 Å². The molecule has 2 aliphatic rings. The third-order valence-corrected chi connectivity index (χ3v) is 6.34. The molecule has 2 aliphatic carbocycles. The van der Waals surface area contributed by atoms with Gasteiger partial charge in [-0.05, 0) is 86.8 Å². The monoisotopic (exact) mass is 392 g/mol. The largest absolute Gasteiger partial charge is 0.462 e. The van der Waals surface area contributed by atoms with Gasteiger partial charge in [-0.2, -0.15) is 8.78 Å². The Labute approximate surface area is 166 Å². The van der Waals surface area contributed by atoms with Crippen LogP contribution in [0.4, 0.5) is 8.78 Å². The number of rotatable bonds is 7. The molecule has 0 atom stereocenters. The fourth-order valence-corrected chi connectivity index (χ4v) is 4.88. The summed E-state index contributed by atoms with van der Waals surface area (Å²) >= 11 is 0. The van der Waals surface area contributed by atoms with Crippen LogP contribution in [-0.2, 0) is 9.53 Å². The second kappa shape index (κ2) is 10.0. The number of esters is 1. The average molecular weight is 392 g/mol. The Morgan fingerprint density at radius 1 is 1.00 bits per heavy atom. The third-order valence-electron chi connectivity index (χ3n) is 6.34. The van der Waals surface area contributed by atoms with Crippen LogP contribution < -0.4 is 4.74 Å². The maximum atomic E-state index is 12.3. The lowest BCUT2D eigenvalue weighted by molar-refractivity contribution is -0.150. The van der Waals surface area contributed by atoms with Crippen molar-refractivity contribution in [3.63, 3.8) is 0 Å². The molecule has 0 unspecified atom stereocenters. The van der Waals surface area contributed by atoms with E-state index >= 15 is 0 Å². The molecule has 5 heteroatoms. The zero-order valence-electron chi connectivity index (χ0n) is 16.3. The Kier molecular flexibility index (Phi) is 7.46. The molecule has 0 heterocycles. The van der Waals surface area contributed by atoms with Crippen molar-refractivity contribution in [3.8, 4) is 5.75 Å². The predicted octanol–water partition coefficient (Wildman–Crippen LogP) is 6.24. The Balaban J connectivity index is 1.42. The molecule has 154 valence electrons. The van der Waals surface area contributed by atoms with Crippen molar-refractivity contribution >= 4 is 5.97 Å². The Bertz CT molecular complexity index is 628. The number of halogens is 2. The van der Waals surface area contributed by atoms with Crippen LogP contribution in [0.25, 0.3) is 0 Å². The summed E-state index contributed by atoms with van der Waals surface area (Å²) in [6.45, 7) is 0.797. The summed E-state index contributed by atoms with van der Waals surface area (Å²) in [7, 11) is 0. The summed E-state index contributed by atoms with van der Waals surface area (Å²) in [5, 5.41) is 0. The quantitative estimate of drug-likeness (QED) is 0.407. The fourth-order valence-electron chi connectivity index (χ4n) is 4.88. The van der Waals surface area contributed by atoms with Crippen molar-refractivity contribution in [1.29, 1.82) is 0 Å². The first kappa shape index (κ1) is 20.8. The molecule has 0 radical (unpaired) electrons. The van der Waals surface area contributed by atoms with Crippen molar-refractivity contribution in [2.24, 2.45) is 11.8 Å². The number of hydrogen-bond acceptors (Lipinski definition) is 3. The number of hydrogen-bond donors (Lipinski definition) is 0. The van der Waals surface area contributed by atoms with Crippen LogP contribution in [0.3, 0.4) is 0 Å². The zero-order chi connectivity index (χ0) is 19.9. The minimum Gasteiger partial charge on any atom is -0.462 e. The van der Waals surface area contributed by atoms with Crippen molar-refractivity contribution in [3.05, 3.63) is 42.5 Å². The molecule has 28 heavy (non-hydrogen) atoms. The van der Waals surface area contributed by atoms with E-state index in [1.165, 1.54) is 18.4 Å². The highest BCUT2D eigenvalue weighted by molar-refractivity contribution is 5.71. The standard InChI is InChI=1S/C23H30F2O3/c1-2-3-22(26)27-20-12-8-18(9-13-20)16-4-6-17(7-5-16)19-10-14-21(15-11-19)28-23(24)25/h2,10-11,14-18,20,23H,1,3-9,12-13H2. The van der Waals surface area contributed by atoms with E-state index in [0.29, 0.717) is 12.3 Å². The summed E-state index contributed by atoms with van der Waals surface area (Å²) in [5.74, 6) is 2.05. The van der Waals surface area contributed by atoms with E-state index in [-0.39, 0.29) is 17.8 Å². The van der Waals surface area contributed by atoms with Gasteiger partial charge in [-0.25, -0.2) is 0 Å². The minimum absolute atomic E-state index is 0.0778. The first-order valence-corrected chi connectivity index (χ1v) is 10.4. The molecule has 3 nitrogen and oxygen atoms in total. The van der Waals surface area contributed by atoms with Gasteiger partial charge in [0.15, 0.2) is 0 Å². The summed E-state index contributed by atoms with van der Waals surface area (Å²) in [5.41, 5.74) is 1.22. The van der Waals surface area contributed by atoms with Gasteiger partial charge >= 0.3 is 12.6 Å². The normalized spacial score (nSPS) is 28.0. The lowest BCUT2D eigenvalue weighted by Gasteiger charge is -2.37. The first-order chi connectivity index (χ1) is 13.5. The summed E-state index contributed by atoms with van der Waals surface area (Å²) in [6.07, 6.45) is 10.9. The molecule has 0 N–H and O–H groups in total. The van der Waals surface area contributed by atoms with Gasteiger partial charge in [-0.1, -0.05) is 18.2 Å². The van der Waals surface area contributed by atoms with E-state index in [9.17, 15) is 13.6 Å². The molecule has 2 saturated carbocycles. The van der Waals surface area contributed by atoms with E-state index in [2.05, 4.69) is 11.3 Å². The minimum atomic E-state index is -2.78. The second-order valence-corrected chi connectivity index (χ2v) is 8.08. The third kappa shape index (κ3) is 5.79. The lowest BCUT2D eigenvalue weighted by Crippen LogP contribution is -2.29. The molecule has 1 aromatic carbocycles. The number of benzene rings is 1. The molecular formula is C23H30F2O3. The van der Waals surface area contributed by atoms with Crippen LogP contribution in [0.5, 0.6) is 5.75 Å². The maximum Gasteiger partial charge on any atom is 0.387 e. The van der Waals surface area contributed by atoms with Gasteiger partial charge in [-0.15, -0.1) is 6.58 Å². The van der Waals surface area contributed by atoms with Crippen molar-refractivity contribution in [2.75, 3.05) is 0 Å². The highest BCUT2D eigenvalue weighted by Crippen LogP contribution is 2.43. The average Bonchev–Trinajstić information content (AvgIpc) is 2.69. The SMILES string of the molecule is C=CCC(=O)OC1CCC(C2CCC(c3ccc(OC(F)F)cc3)CC2)CC1. The Hall–Kier alpha value is -1.91. The van der Waals surface area contributed by atoms with E-state index in [1.807, 2.05) is 12.1 Å². The summed E-state index contributed by atoms with van der Waals surface area (Å²) in [4.78, 5) is 11.6. The Morgan fingerprint density at radius 2 is 1.57 bits per heavy atom. The van der Waals surface area contributed by atoms with E-state index < -0.39 is 6.61 Å². The summed E-state index contributed by atoms with van der Waals surface area (Å²) < 4.78 is 34.5. The van der Waals surface area contributed by atoms with E-state index in [1.54, 1.807) is 18.2 Å². The maximum absolute atomic E-state index is 12.3. The predicted molar refractivity (Wildman–Crippen MR) is 104 cm³/mol. The van der Waals surface area contributed by atoms with Crippen LogP contribution in [-0.4, -0.2) is 18.7 Å². The highest BCUT2D eigenvalue weighted by atomic mass is 19.3. The molecule has 3 rings (SSSR count). The van der Waals surface area contributed by atoms with Crippen LogP contribution in [0.2, 0.25) is 0 Å². The van der Waals surface area contributed by atoms with E-state index in [4.69, 9.17) is 4.74 Å². The van der Waals surface area contributed by atoms with Crippen LogP contribution in [0.15, 0.2) is 36.9 Å². The molecule has 0 amide bonds. The van der Waals surface area contributed by atoms with Gasteiger partial charge < -0.3 is 9.47 Å². The zero-order valence-corrected chi connectivity index (χ0v) is 16.3. The van der Waals surface area contributed by atoms with Crippen molar-refractivity contribution < 1.29 is 23.0 Å². The van der Waals surface area contributed by atoms with Gasteiger partial charge in [0.2, 0.25) is 0 Å². The number of ether oxygens (including phenoxy) is 2. The number of alkyl halides is 2.